The lowest BCUT2D eigenvalue weighted by Crippen LogP contribution is -2.42. The molecule has 1 aromatic rings. The summed E-state index contributed by atoms with van der Waals surface area (Å²) in [5.74, 6) is 0.140. The van der Waals surface area contributed by atoms with E-state index in [0.717, 1.165) is 6.42 Å². The summed E-state index contributed by atoms with van der Waals surface area (Å²) in [5.41, 5.74) is 5.49. The molecule has 0 atom stereocenters. The summed E-state index contributed by atoms with van der Waals surface area (Å²) in [6.07, 6.45) is 2.44. The Morgan fingerprint density at radius 2 is 2.05 bits per heavy atom. The van der Waals surface area contributed by atoms with Gasteiger partial charge in [0.25, 0.3) is 0 Å². The van der Waals surface area contributed by atoms with Gasteiger partial charge in [0.2, 0.25) is 11.8 Å². The molecule has 0 fully saturated rings. The van der Waals surface area contributed by atoms with E-state index in [9.17, 15) is 9.59 Å². The number of aromatic nitrogens is 2. The van der Waals surface area contributed by atoms with Crippen LogP contribution in [0.3, 0.4) is 0 Å². The van der Waals surface area contributed by atoms with Gasteiger partial charge in [-0.25, -0.2) is 0 Å². The Balaban J connectivity index is 2.64. The molecule has 0 saturated heterocycles. The van der Waals surface area contributed by atoms with Crippen LogP contribution >= 0.6 is 0 Å². The Labute approximate surface area is 113 Å². The van der Waals surface area contributed by atoms with Crippen LogP contribution in [0.1, 0.15) is 13.3 Å². The molecule has 0 unspecified atom stereocenters. The van der Waals surface area contributed by atoms with Crippen LogP contribution in [0.5, 0.6) is 0 Å². The largest absolute Gasteiger partial charge is 0.382 e. The Bertz CT molecular complexity index is 441. The third-order valence-corrected chi connectivity index (χ3v) is 2.63. The van der Waals surface area contributed by atoms with E-state index in [1.54, 1.807) is 31.3 Å². The molecule has 1 rings (SSSR count). The number of rotatable bonds is 6. The summed E-state index contributed by atoms with van der Waals surface area (Å²) in [7, 11) is 3.34. The molecule has 7 heteroatoms. The Morgan fingerprint density at radius 3 is 2.53 bits per heavy atom. The lowest BCUT2D eigenvalue weighted by molar-refractivity contribution is -0.139. The summed E-state index contributed by atoms with van der Waals surface area (Å²) in [6, 6.07) is 1.63. The van der Waals surface area contributed by atoms with E-state index in [4.69, 9.17) is 5.73 Å². The van der Waals surface area contributed by atoms with E-state index in [1.807, 2.05) is 6.92 Å². The van der Waals surface area contributed by atoms with Gasteiger partial charge in [-0.3, -0.25) is 14.3 Å². The maximum Gasteiger partial charge on any atom is 0.244 e. The zero-order chi connectivity index (χ0) is 14.4. The molecule has 0 spiro atoms. The van der Waals surface area contributed by atoms with E-state index >= 15 is 0 Å². The topological polar surface area (TPSA) is 84.5 Å². The Hall–Kier alpha value is -2.05. The van der Waals surface area contributed by atoms with E-state index < -0.39 is 0 Å². The summed E-state index contributed by atoms with van der Waals surface area (Å²) in [5, 5.41) is 3.96. The number of hydrogen-bond acceptors (Lipinski definition) is 4. The molecule has 1 heterocycles. The van der Waals surface area contributed by atoms with Gasteiger partial charge in [0.15, 0.2) is 0 Å². The highest BCUT2D eigenvalue weighted by atomic mass is 16.2. The van der Waals surface area contributed by atoms with Crippen molar-refractivity contribution in [1.29, 1.82) is 0 Å². The van der Waals surface area contributed by atoms with Crippen LogP contribution in [0.2, 0.25) is 0 Å². The standard InChI is InChI=1S/C12H21N5O2/c1-4-6-16(8-11(18)15(2)3)12(19)9-17-7-5-10(13)14-17/h5,7H,4,6,8-9H2,1-3H3,(H2,13,14). The predicted octanol–water partition coefficient (Wildman–Crippen LogP) is -0.208. The van der Waals surface area contributed by atoms with Crippen molar-refractivity contribution < 1.29 is 9.59 Å². The maximum atomic E-state index is 12.1. The van der Waals surface area contributed by atoms with Crippen LogP contribution in [0.15, 0.2) is 12.3 Å². The molecule has 0 bridgehead atoms. The van der Waals surface area contributed by atoms with Gasteiger partial charge in [-0.15, -0.1) is 0 Å². The van der Waals surface area contributed by atoms with E-state index in [0.29, 0.717) is 12.4 Å². The van der Waals surface area contributed by atoms with Crippen molar-refractivity contribution in [2.75, 3.05) is 32.9 Å². The number of amides is 2. The van der Waals surface area contributed by atoms with Crippen LogP contribution in [0.4, 0.5) is 5.82 Å². The number of carbonyl (C=O) groups is 2. The van der Waals surface area contributed by atoms with E-state index in [-0.39, 0.29) is 24.9 Å². The normalized spacial score (nSPS) is 10.3. The molecule has 0 aliphatic heterocycles. The molecule has 1 aromatic heterocycles. The minimum absolute atomic E-state index is 0.0937. The smallest absolute Gasteiger partial charge is 0.244 e. The first-order chi connectivity index (χ1) is 8.93. The Morgan fingerprint density at radius 1 is 1.37 bits per heavy atom. The number of anilines is 1. The molecule has 7 nitrogen and oxygen atoms in total. The van der Waals surface area contributed by atoms with Crippen LogP contribution < -0.4 is 5.73 Å². The number of carbonyl (C=O) groups excluding carboxylic acids is 2. The molecular weight excluding hydrogens is 246 g/mol. The fraction of sp³-hybridized carbons (Fsp3) is 0.583. The molecule has 0 aliphatic carbocycles. The van der Waals surface area contributed by atoms with Gasteiger partial charge in [0.1, 0.15) is 12.4 Å². The summed E-state index contributed by atoms with van der Waals surface area (Å²) in [6.45, 7) is 2.70. The molecular formula is C12H21N5O2. The van der Waals surface area contributed by atoms with Crippen LogP contribution in [0.25, 0.3) is 0 Å². The van der Waals surface area contributed by atoms with Gasteiger partial charge in [-0.05, 0) is 12.5 Å². The second-order valence-corrected chi connectivity index (χ2v) is 4.54. The summed E-state index contributed by atoms with van der Waals surface area (Å²) < 4.78 is 1.47. The third kappa shape index (κ3) is 4.61. The van der Waals surface area contributed by atoms with Crippen LogP contribution in [0, 0.1) is 0 Å². The maximum absolute atomic E-state index is 12.1. The highest BCUT2D eigenvalue weighted by molar-refractivity contribution is 5.84. The zero-order valence-electron chi connectivity index (χ0n) is 11.7. The first kappa shape index (κ1) is 15.0. The Kier molecular flexibility index (Phi) is 5.35. The highest BCUT2D eigenvalue weighted by Crippen LogP contribution is 2.00. The molecule has 2 amide bonds. The number of hydrogen-bond donors (Lipinski definition) is 1. The predicted molar refractivity (Wildman–Crippen MR) is 72.2 cm³/mol. The molecule has 19 heavy (non-hydrogen) atoms. The van der Waals surface area contributed by atoms with Crippen molar-refractivity contribution in [2.45, 2.75) is 19.9 Å². The lowest BCUT2D eigenvalue weighted by atomic mass is 10.3. The van der Waals surface area contributed by atoms with Gasteiger partial charge in [-0.1, -0.05) is 6.92 Å². The lowest BCUT2D eigenvalue weighted by Gasteiger charge is -2.23. The molecule has 0 aromatic carbocycles. The SMILES string of the molecule is CCCN(CC(=O)N(C)C)C(=O)Cn1ccc(N)n1. The van der Waals surface area contributed by atoms with E-state index in [1.165, 1.54) is 9.58 Å². The van der Waals surface area contributed by atoms with Gasteiger partial charge in [-0.2, -0.15) is 5.10 Å². The van der Waals surface area contributed by atoms with Crippen LogP contribution in [-0.4, -0.2) is 58.6 Å². The summed E-state index contributed by atoms with van der Waals surface area (Å²) in [4.78, 5) is 26.8. The molecule has 2 N–H and O–H groups in total. The number of nitrogens with zero attached hydrogens (tertiary/aromatic N) is 4. The van der Waals surface area contributed by atoms with Gasteiger partial charge >= 0.3 is 0 Å². The minimum atomic E-state index is -0.139. The molecule has 0 saturated carbocycles. The van der Waals surface area contributed by atoms with Crippen molar-refractivity contribution in [1.82, 2.24) is 19.6 Å². The second kappa shape index (κ2) is 6.77. The van der Waals surface area contributed by atoms with Crippen molar-refractivity contribution in [3.05, 3.63) is 12.3 Å². The number of nitrogen functional groups attached to an aromatic ring is 1. The average Bonchev–Trinajstić information content (AvgIpc) is 2.73. The first-order valence-electron chi connectivity index (χ1n) is 6.21. The molecule has 0 radical (unpaired) electrons. The number of likely N-dealkylation sites (N-methyl/N-ethyl adjacent to an activating group) is 1. The quantitative estimate of drug-likeness (QED) is 0.773. The fourth-order valence-electron chi connectivity index (χ4n) is 1.57. The van der Waals surface area contributed by atoms with Crippen LogP contribution in [-0.2, 0) is 16.1 Å². The van der Waals surface area contributed by atoms with Gasteiger partial charge in [0.05, 0.1) is 6.54 Å². The number of nitrogens with two attached hydrogens (primary N) is 1. The third-order valence-electron chi connectivity index (χ3n) is 2.63. The summed E-state index contributed by atoms with van der Waals surface area (Å²) >= 11 is 0. The highest BCUT2D eigenvalue weighted by Gasteiger charge is 2.18. The monoisotopic (exact) mass is 267 g/mol. The van der Waals surface area contributed by atoms with Gasteiger partial charge < -0.3 is 15.5 Å². The van der Waals surface area contributed by atoms with Crippen molar-refractivity contribution in [3.63, 3.8) is 0 Å². The average molecular weight is 267 g/mol. The minimum Gasteiger partial charge on any atom is -0.382 e. The van der Waals surface area contributed by atoms with Crippen molar-refractivity contribution >= 4 is 17.6 Å². The fourth-order valence-corrected chi connectivity index (χ4v) is 1.57. The van der Waals surface area contributed by atoms with Gasteiger partial charge in [0, 0.05) is 26.8 Å². The van der Waals surface area contributed by atoms with Crippen molar-refractivity contribution in [2.24, 2.45) is 0 Å². The second-order valence-electron chi connectivity index (χ2n) is 4.54. The van der Waals surface area contributed by atoms with E-state index in [2.05, 4.69) is 5.10 Å². The first-order valence-corrected chi connectivity index (χ1v) is 6.21. The molecule has 106 valence electrons. The van der Waals surface area contributed by atoms with Crippen molar-refractivity contribution in [3.8, 4) is 0 Å². The molecule has 0 aliphatic rings. The zero-order valence-corrected chi connectivity index (χ0v) is 11.7.